The van der Waals surface area contributed by atoms with E-state index in [1.54, 1.807) is 0 Å². The predicted octanol–water partition coefficient (Wildman–Crippen LogP) is -3.39. The second-order valence-corrected chi connectivity index (χ2v) is 3.99. The van der Waals surface area contributed by atoms with Crippen LogP contribution in [0.4, 0.5) is 5.82 Å². The van der Waals surface area contributed by atoms with Gasteiger partial charge in [-0.05, 0) is 0 Å². The number of hydrogen-bond donors (Lipinski definition) is 6. The van der Waals surface area contributed by atoms with Crippen LogP contribution in [0.15, 0.2) is 11.0 Å². The molecule has 7 N–H and O–H groups in total. The molecule has 9 nitrogen and oxygen atoms in total. The maximum absolute atomic E-state index is 10.9. The summed E-state index contributed by atoms with van der Waals surface area (Å²) in [5.74, 6) is -2.59. The Kier molecular flexibility index (Phi) is 3.09. The van der Waals surface area contributed by atoms with Crippen LogP contribution in [0, 0.1) is 0 Å². The van der Waals surface area contributed by atoms with Gasteiger partial charge in [0.05, 0.1) is 12.2 Å². The summed E-state index contributed by atoms with van der Waals surface area (Å²) in [5.41, 5.74) is 4.57. The van der Waals surface area contributed by atoms with Crippen LogP contribution in [0.25, 0.3) is 0 Å². The zero-order valence-electron chi connectivity index (χ0n) is 9.15. The number of aliphatic hydroxyl groups is 4. The minimum atomic E-state index is -2.34. The quantitative estimate of drug-likeness (QED) is 0.320. The highest BCUT2D eigenvalue weighted by atomic mass is 16.7. The summed E-state index contributed by atoms with van der Waals surface area (Å²) in [6.45, 7) is -0.600. The maximum atomic E-state index is 10.9. The van der Waals surface area contributed by atoms with Crippen molar-refractivity contribution in [2.24, 2.45) is 0 Å². The lowest BCUT2D eigenvalue weighted by Gasteiger charge is -2.26. The molecule has 2 rings (SSSR count). The first-order valence-electron chi connectivity index (χ1n) is 5.12. The molecule has 0 spiro atoms. The molecule has 1 aromatic heterocycles. The Labute approximate surface area is 100 Å². The molecule has 0 amide bonds. The van der Waals surface area contributed by atoms with Crippen molar-refractivity contribution < 1.29 is 25.2 Å². The van der Waals surface area contributed by atoms with E-state index in [2.05, 4.69) is 9.97 Å². The summed E-state index contributed by atoms with van der Waals surface area (Å²) in [5, 5.41) is 38.4. The van der Waals surface area contributed by atoms with Crippen LogP contribution in [0.1, 0.15) is 5.56 Å². The van der Waals surface area contributed by atoms with Crippen LogP contribution in [0.5, 0.6) is 0 Å². The van der Waals surface area contributed by atoms with Gasteiger partial charge in [0.25, 0.3) is 0 Å². The van der Waals surface area contributed by atoms with Gasteiger partial charge in [0.1, 0.15) is 24.1 Å². The van der Waals surface area contributed by atoms with E-state index >= 15 is 0 Å². The number of nitrogens with one attached hydrogen (secondary N) is 1. The fourth-order valence-corrected chi connectivity index (χ4v) is 1.87. The first-order valence-corrected chi connectivity index (χ1v) is 5.12. The van der Waals surface area contributed by atoms with E-state index in [4.69, 9.17) is 15.6 Å². The number of rotatable bonds is 2. The van der Waals surface area contributed by atoms with Crippen molar-refractivity contribution in [2.75, 3.05) is 12.3 Å². The number of aliphatic hydroxyl groups excluding tert-OH is 3. The molecular weight excluding hydrogens is 246 g/mol. The Morgan fingerprint density at radius 3 is 2.72 bits per heavy atom. The van der Waals surface area contributed by atoms with Crippen molar-refractivity contribution in [3.63, 3.8) is 0 Å². The molecule has 1 aromatic rings. The number of ether oxygens (including phenoxy) is 1. The third-order valence-corrected chi connectivity index (χ3v) is 2.84. The molecule has 0 aromatic carbocycles. The van der Waals surface area contributed by atoms with Crippen LogP contribution in [-0.2, 0) is 10.5 Å². The zero-order valence-corrected chi connectivity index (χ0v) is 9.15. The van der Waals surface area contributed by atoms with Crippen molar-refractivity contribution in [1.82, 2.24) is 9.97 Å². The van der Waals surface area contributed by atoms with Gasteiger partial charge in [0.2, 0.25) is 5.79 Å². The van der Waals surface area contributed by atoms with Crippen molar-refractivity contribution in [3.05, 3.63) is 22.2 Å². The number of aromatic amines is 1. The first kappa shape index (κ1) is 12.9. The molecule has 0 unspecified atom stereocenters. The number of nitrogens with zero attached hydrogens (tertiary/aromatic N) is 1. The molecular formula is C9H13N3O6. The van der Waals surface area contributed by atoms with E-state index in [1.807, 2.05) is 0 Å². The molecule has 2 heterocycles. The summed E-state index contributed by atoms with van der Waals surface area (Å²) < 4.78 is 4.99. The van der Waals surface area contributed by atoms with Crippen LogP contribution in [0.2, 0.25) is 0 Å². The largest absolute Gasteiger partial charge is 0.394 e. The van der Waals surface area contributed by atoms with Crippen molar-refractivity contribution in [3.8, 4) is 0 Å². The molecule has 100 valence electrons. The fourth-order valence-electron chi connectivity index (χ4n) is 1.87. The topological polar surface area (TPSA) is 162 Å². The Morgan fingerprint density at radius 1 is 1.56 bits per heavy atom. The minimum Gasteiger partial charge on any atom is -0.394 e. The van der Waals surface area contributed by atoms with Crippen molar-refractivity contribution in [2.45, 2.75) is 24.1 Å². The lowest BCUT2D eigenvalue weighted by molar-refractivity contribution is -0.239. The number of nitrogen functional groups attached to an aromatic ring is 1. The summed E-state index contributed by atoms with van der Waals surface area (Å²) >= 11 is 0. The molecule has 18 heavy (non-hydrogen) atoms. The molecule has 1 aliphatic heterocycles. The average molecular weight is 259 g/mol. The molecule has 1 saturated heterocycles. The van der Waals surface area contributed by atoms with Crippen molar-refractivity contribution >= 4 is 5.82 Å². The fraction of sp³-hybridized carbons (Fsp3) is 0.556. The number of hydrogen-bond acceptors (Lipinski definition) is 8. The van der Waals surface area contributed by atoms with Gasteiger partial charge in [-0.3, -0.25) is 4.98 Å². The van der Waals surface area contributed by atoms with Gasteiger partial charge in [-0.1, -0.05) is 0 Å². The average Bonchev–Trinajstić information content (AvgIpc) is 2.54. The second-order valence-electron chi connectivity index (χ2n) is 3.99. The zero-order chi connectivity index (χ0) is 13.5. The SMILES string of the molecule is Nc1[nH]c(=O)ncc1[C@]1(O)O[C@H](CO)[C@@H](O)[C@H]1O. The number of H-pyrrole nitrogens is 1. The molecule has 0 radical (unpaired) electrons. The third-order valence-electron chi connectivity index (χ3n) is 2.84. The summed E-state index contributed by atoms with van der Waals surface area (Å²) in [6.07, 6.45) is -3.46. The van der Waals surface area contributed by atoms with Gasteiger partial charge in [0.15, 0.2) is 0 Å². The number of anilines is 1. The molecule has 0 bridgehead atoms. The molecule has 0 saturated carbocycles. The van der Waals surface area contributed by atoms with Gasteiger partial charge in [-0.25, -0.2) is 9.78 Å². The Hall–Kier alpha value is -1.52. The molecule has 1 fully saturated rings. The molecule has 4 atom stereocenters. The van der Waals surface area contributed by atoms with E-state index in [9.17, 15) is 20.1 Å². The van der Waals surface area contributed by atoms with E-state index in [-0.39, 0.29) is 11.4 Å². The smallest absolute Gasteiger partial charge is 0.346 e. The molecule has 1 aliphatic rings. The van der Waals surface area contributed by atoms with E-state index in [1.165, 1.54) is 0 Å². The maximum Gasteiger partial charge on any atom is 0.346 e. The highest BCUT2D eigenvalue weighted by Crippen LogP contribution is 2.38. The Balaban J connectivity index is 2.45. The third kappa shape index (κ3) is 1.78. The lowest BCUT2D eigenvalue weighted by atomic mass is 9.99. The summed E-state index contributed by atoms with van der Waals surface area (Å²) in [7, 11) is 0. The van der Waals surface area contributed by atoms with Gasteiger partial charge in [-0.2, -0.15) is 0 Å². The minimum absolute atomic E-state index is 0.190. The molecule has 0 aliphatic carbocycles. The number of aromatic nitrogens is 2. The van der Waals surface area contributed by atoms with Crippen LogP contribution >= 0.6 is 0 Å². The standard InChI is InChI=1S/C9H13N3O6/c10-7-3(1-11-8(16)12-7)9(17)6(15)5(14)4(2-13)18-9/h1,4-6,13-15,17H,2H2,(H3,10,11,12,16)/t4-,5-,6-,9+/m1/s1. The van der Waals surface area contributed by atoms with Gasteiger partial charge >= 0.3 is 5.69 Å². The summed E-state index contributed by atoms with van der Waals surface area (Å²) in [4.78, 5) is 16.4. The lowest BCUT2D eigenvalue weighted by Crippen LogP contribution is -2.42. The van der Waals surface area contributed by atoms with Gasteiger partial charge in [0, 0.05) is 6.20 Å². The summed E-state index contributed by atoms with van der Waals surface area (Å²) in [6, 6.07) is 0. The molecule has 9 heteroatoms. The van der Waals surface area contributed by atoms with Crippen LogP contribution in [-0.4, -0.2) is 55.3 Å². The van der Waals surface area contributed by atoms with Gasteiger partial charge in [-0.15, -0.1) is 0 Å². The normalized spacial score (nSPS) is 35.9. The highest BCUT2D eigenvalue weighted by Gasteiger charge is 2.55. The Bertz CT molecular complexity index is 505. The predicted molar refractivity (Wildman–Crippen MR) is 57.1 cm³/mol. The van der Waals surface area contributed by atoms with Crippen LogP contribution < -0.4 is 11.4 Å². The second kappa shape index (κ2) is 4.30. The highest BCUT2D eigenvalue weighted by molar-refractivity contribution is 5.41. The van der Waals surface area contributed by atoms with E-state index in [0.29, 0.717) is 0 Å². The van der Waals surface area contributed by atoms with E-state index in [0.717, 1.165) is 6.20 Å². The first-order chi connectivity index (χ1) is 8.40. The van der Waals surface area contributed by atoms with Crippen molar-refractivity contribution in [1.29, 1.82) is 0 Å². The van der Waals surface area contributed by atoms with Crippen LogP contribution in [0.3, 0.4) is 0 Å². The monoisotopic (exact) mass is 259 g/mol. The Morgan fingerprint density at radius 2 is 2.22 bits per heavy atom. The number of nitrogens with two attached hydrogens (primary N) is 1. The van der Waals surface area contributed by atoms with Gasteiger partial charge < -0.3 is 30.9 Å². The van der Waals surface area contributed by atoms with E-state index < -0.39 is 36.4 Å².